The van der Waals surface area contributed by atoms with Crippen LogP contribution in [-0.4, -0.2) is 0 Å². The van der Waals surface area contributed by atoms with Crippen LogP contribution in [0, 0.1) is 0 Å². The van der Waals surface area contributed by atoms with Gasteiger partial charge in [-0.15, -0.1) is 0 Å². The molecule has 0 spiro atoms. The van der Waals surface area contributed by atoms with Gasteiger partial charge in [-0.2, -0.15) is 0 Å². The van der Waals surface area contributed by atoms with Gasteiger partial charge in [-0.05, 0) is 17.5 Å². The molecule has 2 aliphatic rings. The molecule has 0 saturated carbocycles. The molecule has 87 valence electrons. The Morgan fingerprint density at radius 2 is 1.71 bits per heavy atom. The van der Waals surface area contributed by atoms with Gasteiger partial charge in [0, 0.05) is 0 Å². The summed E-state index contributed by atoms with van der Waals surface area (Å²) in [4.78, 5) is 0. The zero-order valence-corrected chi connectivity index (χ0v) is 13.3. The molecule has 0 unspecified atom stereocenters. The standard InChI is InChI=1S/C9H8.C5H5.2ClH.Zr/c1-2-5-9-7-3-6-8(9)4-1;1-2-4-5-3-1;;;/h1-6H,7H2;1-3H,4H2;2*1H;/q;;;;+2/p-2. The van der Waals surface area contributed by atoms with E-state index in [9.17, 15) is 0 Å². The predicted octanol–water partition coefficient (Wildman–Crippen LogP) is -2.36. The summed E-state index contributed by atoms with van der Waals surface area (Å²) in [7, 11) is 0. The quantitative estimate of drug-likeness (QED) is 0.495. The van der Waals surface area contributed by atoms with E-state index in [4.69, 9.17) is 0 Å². The molecule has 3 heteroatoms. The van der Waals surface area contributed by atoms with E-state index in [1.54, 1.807) is 28.0 Å². The monoisotopic (exact) mass is 341 g/mol. The van der Waals surface area contributed by atoms with Crippen LogP contribution in [0.4, 0.5) is 0 Å². The summed E-state index contributed by atoms with van der Waals surface area (Å²) >= 11 is 1.56. The van der Waals surface area contributed by atoms with E-state index in [-0.39, 0.29) is 24.8 Å². The predicted molar refractivity (Wildman–Crippen MR) is 61.0 cm³/mol. The maximum atomic E-state index is 2.20. The van der Waals surface area contributed by atoms with E-state index in [2.05, 4.69) is 54.6 Å². The zero-order chi connectivity index (χ0) is 10.5. The average molecular weight is 343 g/mol. The van der Waals surface area contributed by atoms with Crippen molar-refractivity contribution in [3.63, 3.8) is 0 Å². The van der Waals surface area contributed by atoms with Crippen LogP contribution in [0.3, 0.4) is 0 Å². The third kappa shape index (κ3) is 5.38. The van der Waals surface area contributed by atoms with Crippen LogP contribution in [0.5, 0.6) is 0 Å². The van der Waals surface area contributed by atoms with Crippen molar-refractivity contribution in [2.45, 2.75) is 12.8 Å². The van der Waals surface area contributed by atoms with Crippen LogP contribution in [0.15, 0.2) is 51.9 Å². The Bertz CT molecular complexity index is 434. The molecule has 0 aromatic heterocycles. The van der Waals surface area contributed by atoms with Gasteiger partial charge in [-0.3, -0.25) is 0 Å². The van der Waals surface area contributed by atoms with E-state index in [0.717, 1.165) is 6.42 Å². The number of hydrogen-bond donors (Lipinski definition) is 0. The van der Waals surface area contributed by atoms with Gasteiger partial charge in [0.1, 0.15) is 0 Å². The first-order chi connectivity index (χ1) is 7.36. The first-order valence-electron chi connectivity index (χ1n) is 5.18. The number of allylic oxidation sites excluding steroid dienone is 5. The topological polar surface area (TPSA) is 0 Å². The van der Waals surface area contributed by atoms with Gasteiger partial charge in [0.25, 0.3) is 0 Å². The van der Waals surface area contributed by atoms with Crippen molar-refractivity contribution >= 4 is 6.08 Å². The molecule has 3 rings (SSSR count). The second-order valence-electron chi connectivity index (χ2n) is 3.63. The summed E-state index contributed by atoms with van der Waals surface area (Å²) in [5.41, 5.74) is 2.84. The SMILES string of the molecule is C1=Cc2ccccc2C1.[Cl-].[Cl-].[Zr+2][C]1=CC=CC1. The normalized spacial score (nSPS) is 13.9. The molecule has 0 saturated heterocycles. The Hall–Kier alpha value is -0.0969. The molecular weight excluding hydrogens is 330 g/mol. The van der Waals surface area contributed by atoms with Gasteiger partial charge in [-0.1, -0.05) is 36.4 Å². The Balaban J connectivity index is 0.000000287. The molecule has 0 atom stereocenters. The van der Waals surface area contributed by atoms with E-state index in [0.29, 0.717) is 0 Å². The van der Waals surface area contributed by atoms with Gasteiger partial charge in [-0.25, -0.2) is 0 Å². The number of hydrogen-bond acceptors (Lipinski definition) is 0. The molecular formula is C14H13Cl2Zr. The summed E-state index contributed by atoms with van der Waals surface area (Å²) in [6.07, 6.45) is 13.2. The van der Waals surface area contributed by atoms with E-state index < -0.39 is 0 Å². The van der Waals surface area contributed by atoms with Gasteiger partial charge in [0.15, 0.2) is 0 Å². The molecule has 1 aromatic rings. The first kappa shape index (κ1) is 16.9. The Labute approximate surface area is 131 Å². The Kier molecular flexibility index (Phi) is 8.87. The molecule has 0 amide bonds. The average Bonchev–Trinajstić information content (AvgIpc) is 2.88. The van der Waals surface area contributed by atoms with Crippen molar-refractivity contribution in [1.82, 2.24) is 0 Å². The molecule has 0 heterocycles. The van der Waals surface area contributed by atoms with Crippen LogP contribution >= 0.6 is 0 Å². The molecule has 1 aromatic carbocycles. The van der Waals surface area contributed by atoms with Crippen LogP contribution < -0.4 is 24.8 Å². The molecule has 17 heavy (non-hydrogen) atoms. The van der Waals surface area contributed by atoms with Crippen LogP contribution in [0.2, 0.25) is 0 Å². The summed E-state index contributed by atoms with van der Waals surface area (Å²) < 4.78 is 1.56. The second-order valence-corrected chi connectivity index (χ2v) is 5.21. The van der Waals surface area contributed by atoms with Crippen molar-refractivity contribution in [2.75, 3.05) is 0 Å². The third-order valence-corrected chi connectivity index (χ3v) is 3.37. The van der Waals surface area contributed by atoms with Crippen molar-refractivity contribution < 1.29 is 49.5 Å². The zero-order valence-electron chi connectivity index (χ0n) is 9.37. The molecule has 0 aliphatic heterocycles. The van der Waals surface area contributed by atoms with Crippen molar-refractivity contribution in [3.05, 3.63) is 63.0 Å². The molecule has 0 fully saturated rings. The molecule has 0 bridgehead atoms. The Morgan fingerprint density at radius 3 is 2.24 bits per heavy atom. The van der Waals surface area contributed by atoms with E-state index >= 15 is 0 Å². The fourth-order valence-corrected chi connectivity index (χ4v) is 2.17. The molecule has 0 nitrogen and oxygen atoms in total. The van der Waals surface area contributed by atoms with Crippen molar-refractivity contribution in [1.29, 1.82) is 0 Å². The third-order valence-electron chi connectivity index (χ3n) is 2.46. The Morgan fingerprint density at radius 1 is 0.941 bits per heavy atom. The maximum absolute atomic E-state index is 2.20. The van der Waals surface area contributed by atoms with Gasteiger partial charge in [0.2, 0.25) is 0 Å². The van der Waals surface area contributed by atoms with Crippen molar-refractivity contribution in [2.24, 2.45) is 0 Å². The summed E-state index contributed by atoms with van der Waals surface area (Å²) in [6, 6.07) is 8.49. The number of fused-ring (bicyclic) bond motifs is 1. The summed E-state index contributed by atoms with van der Waals surface area (Å²) in [5.74, 6) is 0. The van der Waals surface area contributed by atoms with Crippen molar-refractivity contribution in [3.8, 4) is 0 Å². The van der Waals surface area contributed by atoms with Gasteiger partial charge >= 0.3 is 52.6 Å². The number of benzene rings is 1. The fourth-order valence-electron chi connectivity index (χ4n) is 1.64. The fraction of sp³-hybridized carbons (Fsp3) is 0.143. The summed E-state index contributed by atoms with van der Waals surface area (Å²) in [6.45, 7) is 0. The van der Waals surface area contributed by atoms with E-state index in [1.807, 2.05) is 0 Å². The molecule has 0 radical (unpaired) electrons. The van der Waals surface area contributed by atoms with Crippen LogP contribution in [0.1, 0.15) is 17.5 Å². The molecule has 2 aliphatic carbocycles. The molecule has 0 N–H and O–H groups in total. The number of halogens is 2. The van der Waals surface area contributed by atoms with Crippen LogP contribution in [0.25, 0.3) is 6.08 Å². The van der Waals surface area contributed by atoms with Gasteiger partial charge in [0.05, 0.1) is 0 Å². The summed E-state index contributed by atoms with van der Waals surface area (Å²) in [5, 5.41) is 0. The minimum atomic E-state index is 0. The number of rotatable bonds is 0. The van der Waals surface area contributed by atoms with E-state index in [1.165, 1.54) is 17.5 Å². The second kappa shape index (κ2) is 8.92. The van der Waals surface area contributed by atoms with Crippen LogP contribution in [-0.2, 0) is 31.1 Å². The first-order valence-corrected chi connectivity index (χ1v) is 6.41. The minimum absolute atomic E-state index is 0. The van der Waals surface area contributed by atoms with Gasteiger partial charge < -0.3 is 24.8 Å².